The number of benzene rings is 1. The average molecular weight is 444 g/mol. The molecule has 0 atom stereocenters. The second-order valence-electron chi connectivity index (χ2n) is 10.1. The normalized spacial score (nSPS) is 12.4. The van der Waals surface area contributed by atoms with Gasteiger partial charge in [-0.05, 0) is 47.7 Å². The smallest absolute Gasteiger partial charge is 0.327 e. The Kier molecular flexibility index (Phi) is 7.26. The third-order valence-electron chi connectivity index (χ3n) is 5.99. The van der Waals surface area contributed by atoms with E-state index in [0.717, 1.165) is 6.29 Å². The highest BCUT2D eigenvalue weighted by molar-refractivity contribution is 6.75. The van der Waals surface area contributed by atoms with Crippen LogP contribution in [0.4, 0.5) is 4.39 Å². The third kappa shape index (κ3) is 5.12. The quantitative estimate of drug-likeness (QED) is 0.353. The highest BCUT2D eigenvalue weighted by Gasteiger charge is 2.42. The lowest BCUT2D eigenvalue weighted by Gasteiger charge is -2.36. The number of aldehydes is 1. The fourth-order valence-electron chi connectivity index (χ4n) is 3.17. The summed E-state index contributed by atoms with van der Waals surface area (Å²) in [7, 11) is -2.43. The minimum absolute atomic E-state index is 0.0256. The molecular weight excluding hydrogens is 409 g/mol. The van der Waals surface area contributed by atoms with Crippen molar-refractivity contribution in [3.8, 4) is 11.1 Å². The monoisotopic (exact) mass is 443 g/mol. The predicted molar refractivity (Wildman–Crippen MR) is 126 cm³/mol. The van der Waals surface area contributed by atoms with Crippen molar-refractivity contribution in [2.45, 2.75) is 78.4 Å². The Bertz CT molecular complexity index is 974. The van der Waals surface area contributed by atoms with Gasteiger partial charge in [-0.1, -0.05) is 60.6 Å². The van der Waals surface area contributed by atoms with Crippen LogP contribution in [0.5, 0.6) is 0 Å². The fraction of sp³-hybridized carbons (Fsp3) is 0.480. The third-order valence-corrected chi connectivity index (χ3v) is 10.3. The lowest BCUT2D eigenvalue weighted by Crippen LogP contribution is -2.43. The van der Waals surface area contributed by atoms with Crippen molar-refractivity contribution < 1.29 is 18.4 Å². The molecule has 2 rings (SSSR count). The SMILES string of the molecule is CC(C)c1nc(C(C)C)c(C(=O)O[Si](C)(C)C(C)(C)C)c(-c2ccc(F)cc2)c1C=O. The maximum absolute atomic E-state index is 13.6. The molecule has 1 heterocycles. The topological polar surface area (TPSA) is 56.3 Å². The number of aromatic nitrogens is 1. The van der Waals surface area contributed by atoms with E-state index in [-0.39, 0.29) is 22.7 Å². The molecule has 0 spiro atoms. The molecule has 0 bridgehead atoms. The summed E-state index contributed by atoms with van der Waals surface area (Å²) >= 11 is 0. The van der Waals surface area contributed by atoms with Gasteiger partial charge in [0.15, 0.2) is 6.29 Å². The second kappa shape index (κ2) is 9.03. The minimum atomic E-state index is -2.43. The van der Waals surface area contributed by atoms with Crippen molar-refractivity contribution in [2.75, 3.05) is 0 Å². The van der Waals surface area contributed by atoms with E-state index in [9.17, 15) is 14.0 Å². The number of nitrogens with zero attached hydrogens (tertiary/aromatic N) is 1. The highest BCUT2D eigenvalue weighted by atomic mass is 28.4. The molecule has 31 heavy (non-hydrogen) atoms. The molecule has 2 aromatic rings. The van der Waals surface area contributed by atoms with Crippen LogP contribution >= 0.6 is 0 Å². The van der Waals surface area contributed by atoms with Gasteiger partial charge in [-0.3, -0.25) is 9.78 Å². The maximum Gasteiger partial charge on any atom is 0.327 e. The molecule has 0 amide bonds. The van der Waals surface area contributed by atoms with Crippen LogP contribution in [0.1, 0.15) is 92.4 Å². The number of carbonyl (C=O) groups is 2. The molecule has 0 unspecified atom stereocenters. The van der Waals surface area contributed by atoms with Gasteiger partial charge < -0.3 is 4.43 Å². The summed E-state index contributed by atoms with van der Waals surface area (Å²) in [5.41, 5.74) is 2.95. The van der Waals surface area contributed by atoms with Gasteiger partial charge in [0, 0.05) is 11.1 Å². The van der Waals surface area contributed by atoms with Crippen molar-refractivity contribution in [1.82, 2.24) is 4.98 Å². The number of pyridine rings is 1. The van der Waals surface area contributed by atoms with Gasteiger partial charge in [0.2, 0.25) is 0 Å². The number of carbonyl (C=O) groups excluding carboxylic acids is 2. The maximum atomic E-state index is 13.6. The van der Waals surface area contributed by atoms with Crippen molar-refractivity contribution in [3.63, 3.8) is 0 Å². The number of halogens is 1. The predicted octanol–water partition coefficient (Wildman–Crippen LogP) is 7.11. The van der Waals surface area contributed by atoms with Crippen molar-refractivity contribution in [3.05, 3.63) is 52.6 Å². The summed E-state index contributed by atoms with van der Waals surface area (Å²) in [6.07, 6.45) is 0.744. The van der Waals surface area contributed by atoms with Crippen LogP contribution in [0.2, 0.25) is 18.1 Å². The first-order valence-corrected chi connectivity index (χ1v) is 13.6. The first kappa shape index (κ1) is 24.9. The molecule has 0 aliphatic rings. The summed E-state index contributed by atoms with van der Waals surface area (Å²) in [4.78, 5) is 30.6. The van der Waals surface area contributed by atoms with Crippen molar-refractivity contribution in [2.24, 2.45) is 0 Å². The zero-order chi connectivity index (χ0) is 23.7. The molecule has 0 aliphatic heterocycles. The lowest BCUT2D eigenvalue weighted by atomic mass is 9.87. The van der Waals surface area contributed by atoms with Crippen molar-refractivity contribution in [1.29, 1.82) is 0 Å². The van der Waals surface area contributed by atoms with E-state index in [1.165, 1.54) is 12.1 Å². The molecule has 6 heteroatoms. The Balaban J connectivity index is 2.91. The highest BCUT2D eigenvalue weighted by Crippen LogP contribution is 2.40. The minimum Gasteiger partial charge on any atom is -0.516 e. The van der Waals surface area contributed by atoms with E-state index in [1.807, 2.05) is 40.8 Å². The van der Waals surface area contributed by atoms with E-state index < -0.39 is 14.3 Å². The molecular formula is C25H34FNO3Si. The van der Waals surface area contributed by atoms with Crippen LogP contribution in [0.3, 0.4) is 0 Å². The molecule has 0 fully saturated rings. The summed E-state index contributed by atoms with van der Waals surface area (Å²) in [6.45, 7) is 18.1. The molecule has 168 valence electrons. The second-order valence-corrected chi connectivity index (χ2v) is 14.9. The van der Waals surface area contributed by atoms with Crippen LogP contribution in [0.15, 0.2) is 24.3 Å². The molecule has 0 saturated heterocycles. The number of rotatable bonds is 6. The van der Waals surface area contributed by atoms with Gasteiger partial charge >= 0.3 is 5.97 Å². The van der Waals surface area contributed by atoms with Gasteiger partial charge in [-0.25, -0.2) is 9.18 Å². The number of hydrogen-bond acceptors (Lipinski definition) is 4. The largest absolute Gasteiger partial charge is 0.516 e. The lowest BCUT2D eigenvalue weighted by molar-refractivity contribution is 0.0711. The van der Waals surface area contributed by atoms with Crippen LogP contribution in [0, 0.1) is 5.82 Å². The Morgan fingerprint density at radius 3 is 1.97 bits per heavy atom. The summed E-state index contributed by atoms with van der Waals surface area (Å²) < 4.78 is 19.8. The Morgan fingerprint density at radius 2 is 1.55 bits per heavy atom. The van der Waals surface area contributed by atoms with Crippen LogP contribution < -0.4 is 0 Å². The van der Waals surface area contributed by atoms with E-state index in [2.05, 4.69) is 20.8 Å². The molecule has 0 saturated carbocycles. The Morgan fingerprint density at radius 1 is 1.03 bits per heavy atom. The summed E-state index contributed by atoms with van der Waals surface area (Å²) in [6, 6.07) is 5.85. The van der Waals surface area contributed by atoms with E-state index in [4.69, 9.17) is 9.41 Å². The molecule has 4 nitrogen and oxygen atoms in total. The number of hydrogen-bond donors (Lipinski definition) is 0. The molecule has 1 aromatic heterocycles. The van der Waals surface area contributed by atoms with E-state index >= 15 is 0 Å². The summed E-state index contributed by atoms with van der Waals surface area (Å²) in [5, 5.41) is -0.171. The first-order chi connectivity index (χ1) is 14.2. The van der Waals surface area contributed by atoms with Crippen LogP contribution in [-0.4, -0.2) is 25.6 Å². The standard InChI is InChI=1S/C25H34FNO3Si/c1-15(2)22-19(14-28)20(17-10-12-18(26)13-11-17)21(23(27-22)16(3)4)24(29)30-31(8,9)25(5,6)7/h10-16H,1-9H3. The van der Waals surface area contributed by atoms with Gasteiger partial charge in [-0.15, -0.1) is 0 Å². The zero-order valence-corrected chi connectivity index (χ0v) is 21.1. The Hall–Kier alpha value is -2.34. The summed E-state index contributed by atoms with van der Waals surface area (Å²) in [5.74, 6) is -0.953. The van der Waals surface area contributed by atoms with Crippen LogP contribution in [-0.2, 0) is 4.43 Å². The molecule has 0 aliphatic carbocycles. The van der Waals surface area contributed by atoms with Crippen LogP contribution in [0.25, 0.3) is 11.1 Å². The molecule has 1 aromatic carbocycles. The molecule has 0 N–H and O–H groups in total. The Labute approximate surface area is 186 Å². The van der Waals surface area contributed by atoms with Gasteiger partial charge in [0.25, 0.3) is 8.32 Å². The van der Waals surface area contributed by atoms with Gasteiger partial charge in [0.05, 0.1) is 17.0 Å². The van der Waals surface area contributed by atoms with Crippen molar-refractivity contribution >= 4 is 20.6 Å². The average Bonchev–Trinajstić information content (AvgIpc) is 2.65. The van der Waals surface area contributed by atoms with Gasteiger partial charge in [-0.2, -0.15) is 0 Å². The van der Waals surface area contributed by atoms with E-state index in [0.29, 0.717) is 33.6 Å². The zero-order valence-electron chi connectivity index (χ0n) is 20.1. The van der Waals surface area contributed by atoms with E-state index in [1.54, 1.807) is 12.1 Å². The van der Waals surface area contributed by atoms with Gasteiger partial charge in [0.1, 0.15) is 5.82 Å². The first-order valence-electron chi connectivity index (χ1n) is 10.7. The molecule has 0 radical (unpaired) electrons. The fourth-order valence-corrected chi connectivity index (χ4v) is 4.04.